The van der Waals surface area contributed by atoms with Gasteiger partial charge in [0, 0.05) is 11.2 Å². The Morgan fingerprint density at radius 2 is 1.78 bits per heavy atom. The molecule has 0 saturated heterocycles. The van der Waals surface area contributed by atoms with Crippen molar-refractivity contribution in [2.45, 2.75) is 51.0 Å². The molecule has 4 aliphatic carbocycles. The topological polar surface area (TPSA) is 32.3 Å². The first-order valence-corrected chi connectivity index (χ1v) is 9.10. The monoisotopic (exact) mass is 312 g/mol. The van der Waals surface area contributed by atoms with Crippen LogP contribution in [0.15, 0.2) is 24.3 Å². The van der Waals surface area contributed by atoms with Crippen LogP contribution >= 0.6 is 0 Å². The number of nitrogens with one attached hydrogen (secondary N) is 1. The van der Waals surface area contributed by atoms with Crippen molar-refractivity contribution in [2.75, 3.05) is 18.9 Å². The molecule has 0 heterocycles. The van der Waals surface area contributed by atoms with Crippen LogP contribution in [0.25, 0.3) is 0 Å². The van der Waals surface area contributed by atoms with Crippen LogP contribution in [0.5, 0.6) is 0 Å². The normalized spacial score (nSPS) is 34.8. The Bertz CT molecular complexity index is 574. The lowest BCUT2D eigenvalue weighted by Crippen LogP contribution is -2.59. The second kappa shape index (κ2) is 5.62. The number of benzene rings is 1. The molecule has 124 valence electrons. The number of rotatable bonds is 4. The van der Waals surface area contributed by atoms with E-state index < -0.39 is 0 Å². The van der Waals surface area contributed by atoms with E-state index >= 15 is 0 Å². The molecule has 0 atom stereocenters. The van der Waals surface area contributed by atoms with Gasteiger partial charge in [0.15, 0.2) is 0 Å². The van der Waals surface area contributed by atoms with Crippen LogP contribution in [0.4, 0.5) is 5.69 Å². The summed E-state index contributed by atoms with van der Waals surface area (Å²) in [5.74, 6) is 2.88. The SMILES string of the molecule is Cc1cccc(NC(=O)CN(C)C23CC4CC(CC(C4)C2)C3)c1. The number of anilines is 1. The highest BCUT2D eigenvalue weighted by Gasteiger charge is 2.52. The molecular formula is C20H28N2O. The Morgan fingerprint density at radius 1 is 1.17 bits per heavy atom. The highest BCUT2D eigenvalue weighted by atomic mass is 16.2. The first-order valence-electron chi connectivity index (χ1n) is 9.10. The van der Waals surface area contributed by atoms with E-state index in [1.54, 1.807) is 0 Å². The molecule has 1 N–H and O–H groups in total. The van der Waals surface area contributed by atoms with E-state index in [0.29, 0.717) is 12.1 Å². The van der Waals surface area contributed by atoms with Crippen molar-refractivity contribution < 1.29 is 4.79 Å². The second-order valence-corrected chi connectivity index (χ2v) is 8.42. The van der Waals surface area contributed by atoms with E-state index in [9.17, 15) is 4.79 Å². The molecule has 0 spiro atoms. The fraction of sp³-hybridized carbons (Fsp3) is 0.650. The molecule has 4 fully saturated rings. The molecule has 1 aromatic carbocycles. The second-order valence-electron chi connectivity index (χ2n) is 8.42. The van der Waals surface area contributed by atoms with Crippen molar-refractivity contribution in [1.82, 2.24) is 4.90 Å². The quantitative estimate of drug-likeness (QED) is 0.916. The third kappa shape index (κ3) is 2.91. The lowest BCUT2D eigenvalue weighted by molar-refractivity contribution is -0.123. The molecule has 3 heteroatoms. The molecular weight excluding hydrogens is 284 g/mol. The molecule has 0 unspecified atom stereocenters. The molecule has 4 aliphatic rings. The van der Waals surface area contributed by atoms with E-state index in [0.717, 1.165) is 23.4 Å². The summed E-state index contributed by atoms with van der Waals surface area (Å²) >= 11 is 0. The molecule has 1 amide bonds. The van der Waals surface area contributed by atoms with Gasteiger partial charge >= 0.3 is 0 Å². The van der Waals surface area contributed by atoms with Gasteiger partial charge < -0.3 is 5.32 Å². The van der Waals surface area contributed by atoms with Crippen LogP contribution in [-0.4, -0.2) is 29.9 Å². The number of hydrogen-bond donors (Lipinski definition) is 1. The number of carbonyl (C=O) groups is 1. The summed E-state index contributed by atoms with van der Waals surface area (Å²) < 4.78 is 0. The molecule has 23 heavy (non-hydrogen) atoms. The third-order valence-electron chi connectivity index (χ3n) is 6.50. The highest BCUT2D eigenvalue weighted by molar-refractivity contribution is 5.92. The minimum atomic E-state index is 0.119. The van der Waals surface area contributed by atoms with Gasteiger partial charge in [-0.3, -0.25) is 9.69 Å². The summed E-state index contributed by atoms with van der Waals surface area (Å²) in [5.41, 5.74) is 2.39. The van der Waals surface area contributed by atoms with Crippen LogP contribution in [0, 0.1) is 24.7 Å². The van der Waals surface area contributed by atoms with Gasteiger partial charge in [-0.05, 0) is 87.9 Å². The first kappa shape index (κ1) is 15.2. The Labute approximate surface area is 139 Å². The number of likely N-dealkylation sites (N-methyl/N-ethyl adjacent to an activating group) is 1. The zero-order valence-electron chi connectivity index (χ0n) is 14.3. The van der Waals surface area contributed by atoms with Gasteiger partial charge in [0.25, 0.3) is 0 Å². The fourth-order valence-corrected chi connectivity index (χ4v) is 5.84. The van der Waals surface area contributed by atoms with Crippen LogP contribution in [-0.2, 0) is 4.79 Å². The molecule has 5 rings (SSSR count). The first-order chi connectivity index (χ1) is 11.0. The van der Waals surface area contributed by atoms with Gasteiger partial charge in [-0.1, -0.05) is 12.1 Å². The van der Waals surface area contributed by atoms with Crippen molar-refractivity contribution in [3.63, 3.8) is 0 Å². The molecule has 3 nitrogen and oxygen atoms in total. The van der Waals surface area contributed by atoms with E-state index in [-0.39, 0.29) is 5.91 Å². The summed E-state index contributed by atoms with van der Waals surface area (Å²) in [4.78, 5) is 14.9. The highest BCUT2D eigenvalue weighted by Crippen LogP contribution is 2.57. The largest absolute Gasteiger partial charge is 0.325 e. The van der Waals surface area contributed by atoms with Crippen molar-refractivity contribution in [1.29, 1.82) is 0 Å². The van der Waals surface area contributed by atoms with Crippen LogP contribution in [0.2, 0.25) is 0 Å². The van der Waals surface area contributed by atoms with Crippen LogP contribution < -0.4 is 5.32 Å². The molecule has 0 radical (unpaired) electrons. The van der Waals surface area contributed by atoms with Gasteiger partial charge in [0.1, 0.15) is 0 Å². The van der Waals surface area contributed by atoms with Crippen LogP contribution in [0.1, 0.15) is 44.1 Å². The molecule has 4 saturated carbocycles. The lowest BCUT2D eigenvalue weighted by Gasteiger charge is -2.59. The molecule has 0 aromatic heterocycles. The summed E-state index contributed by atoms with van der Waals surface area (Å²) in [5, 5.41) is 3.07. The standard InChI is InChI=1S/C20H28N2O/c1-14-4-3-5-18(6-14)21-19(23)13-22(2)20-10-15-7-16(11-20)9-17(8-15)12-20/h3-6,15-17H,7-13H2,1-2H3,(H,21,23). The molecule has 1 aromatic rings. The van der Waals surface area contributed by atoms with Crippen LogP contribution in [0.3, 0.4) is 0 Å². The van der Waals surface area contributed by atoms with E-state index in [2.05, 4.69) is 30.3 Å². The van der Waals surface area contributed by atoms with Crippen molar-refractivity contribution in [3.8, 4) is 0 Å². The number of hydrogen-bond acceptors (Lipinski definition) is 2. The minimum Gasteiger partial charge on any atom is -0.325 e. The Kier molecular flexibility index (Phi) is 3.72. The molecule has 4 bridgehead atoms. The molecule has 0 aliphatic heterocycles. The average molecular weight is 312 g/mol. The zero-order chi connectivity index (χ0) is 16.0. The number of amides is 1. The average Bonchev–Trinajstić information content (AvgIpc) is 2.45. The van der Waals surface area contributed by atoms with Gasteiger partial charge in [-0.25, -0.2) is 0 Å². The predicted octanol–water partition coefficient (Wildman–Crippen LogP) is 3.83. The van der Waals surface area contributed by atoms with Crippen molar-refractivity contribution in [2.24, 2.45) is 17.8 Å². The number of carbonyl (C=O) groups excluding carboxylic acids is 1. The fourth-order valence-electron chi connectivity index (χ4n) is 5.84. The predicted molar refractivity (Wildman–Crippen MR) is 93.3 cm³/mol. The number of aryl methyl sites for hydroxylation is 1. The smallest absolute Gasteiger partial charge is 0.238 e. The Balaban J connectivity index is 1.41. The maximum atomic E-state index is 12.5. The Hall–Kier alpha value is -1.35. The zero-order valence-corrected chi connectivity index (χ0v) is 14.3. The van der Waals surface area contributed by atoms with Crippen molar-refractivity contribution >= 4 is 11.6 Å². The summed E-state index contributed by atoms with van der Waals surface area (Å²) in [6, 6.07) is 8.04. The van der Waals surface area contributed by atoms with Gasteiger partial charge in [0.2, 0.25) is 5.91 Å². The summed E-state index contributed by atoms with van der Waals surface area (Å²) in [6.45, 7) is 2.57. The summed E-state index contributed by atoms with van der Waals surface area (Å²) in [7, 11) is 2.17. The van der Waals surface area contributed by atoms with E-state index in [1.165, 1.54) is 44.1 Å². The minimum absolute atomic E-state index is 0.119. The maximum absolute atomic E-state index is 12.5. The van der Waals surface area contributed by atoms with E-state index in [4.69, 9.17) is 0 Å². The van der Waals surface area contributed by atoms with Gasteiger partial charge in [-0.15, -0.1) is 0 Å². The van der Waals surface area contributed by atoms with Gasteiger partial charge in [0.05, 0.1) is 6.54 Å². The third-order valence-corrected chi connectivity index (χ3v) is 6.50. The lowest BCUT2D eigenvalue weighted by atomic mass is 9.52. The number of nitrogens with zero attached hydrogens (tertiary/aromatic N) is 1. The van der Waals surface area contributed by atoms with E-state index in [1.807, 2.05) is 18.2 Å². The Morgan fingerprint density at radius 3 is 2.35 bits per heavy atom. The van der Waals surface area contributed by atoms with Gasteiger partial charge in [-0.2, -0.15) is 0 Å². The summed E-state index contributed by atoms with van der Waals surface area (Å²) in [6.07, 6.45) is 8.28. The maximum Gasteiger partial charge on any atom is 0.238 e. The van der Waals surface area contributed by atoms with Crippen molar-refractivity contribution in [3.05, 3.63) is 29.8 Å².